The van der Waals surface area contributed by atoms with Crippen molar-refractivity contribution in [1.29, 1.82) is 0 Å². The standard InChI is InChI=1S/C8H16O/c1-4-6-7-8(5-2)9-3/h7H,4-6H2,1-3H3/b8-7+. The number of hydrogen-bond donors (Lipinski definition) is 0. The molecule has 0 aromatic heterocycles. The van der Waals surface area contributed by atoms with Crippen molar-refractivity contribution in [2.75, 3.05) is 7.11 Å². The molecular weight excluding hydrogens is 112 g/mol. The summed E-state index contributed by atoms with van der Waals surface area (Å²) in [5.41, 5.74) is 0. The molecular formula is C8H16O. The summed E-state index contributed by atoms with van der Waals surface area (Å²) in [7, 11) is 1.73. The van der Waals surface area contributed by atoms with Crippen LogP contribution in [0.25, 0.3) is 0 Å². The van der Waals surface area contributed by atoms with Crippen molar-refractivity contribution in [2.24, 2.45) is 0 Å². The van der Waals surface area contributed by atoms with Gasteiger partial charge < -0.3 is 4.74 Å². The van der Waals surface area contributed by atoms with Gasteiger partial charge in [-0.15, -0.1) is 0 Å². The van der Waals surface area contributed by atoms with Crippen molar-refractivity contribution in [3.63, 3.8) is 0 Å². The Hall–Kier alpha value is -0.460. The summed E-state index contributed by atoms with van der Waals surface area (Å²) in [5, 5.41) is 0. The first kappa shape index (κ1) is 8.54. The fourth-order valence-electron chi connectivity index (χ4n) is 0.677. The summed E-state index contributed by atoms with van der Waals surface area (Å²) in [6.45, 7) is 4.27. The van der Waals surface area contributed by atoms with Crippen molar-refractivity contribution in [2.45, 2.75) is 33.1 Å². The molecule has 0 heterocycles. The molecule has 0 saturated heterocycles. The van der Waals surface area contributed by atoms with Gasteiger partial charge in [-0.05, 0) is 12.5 Å². The lowest BCUT2D eigenvalue weighted by Gasteiger charge is -2.00. The fourth-order valence-corrected chi connectivity index (χ4v) is 0.677. The molecule has 0 bridgehead atoms. The molecule has 0 aliphatic rings. The average molecular weight is 128 g/mol. The Bertz CT molecular complexity index is 78.6. The highest BCUT2D eigenvalue weighted by Crippen LogP contribution is 2.02. The lowest BCUT2D eigenvalue weighted by Crippen LogP contribution is -1.82. The molecule has 0 spiro atoms. The summed E-state index contributed by atoms with van der Waals surface area (Å²) < 4.78 is 5.06. The van der Waals surface area contributed by atoms with Crippen LogP contribution in [-0.4, -0.2) is 7.11 Å². The van der Waals surface area contributed by atoms with Crippen LogP contribution in [0.2, 0.25) is 0 Å². The molecule has 0 N–H and O–H groups in total. The highest BCUT2D eigenvalue weighted by atomic mass is 16.5. The maximum absolute atomic E-state index is 5.06. The lowest BCUT2D eigenvalue weighted by atomic mass is 10.2. The van der Waals surface area contributed by atoms with Crippen LogP contribution in [-0.2, 0) is 4.74 Å². The van der Waals surface area contributed by atoms with E-state index in [2.05, 4.69) is 19.9 Å². The quantitative estimate of drug-likeness (QED) is 0.529. The smallest absolute Gasteiger partial charge is 0.0912 e. The third kappa shape index (κ3) is 4.07. The van der Waals surface area contributed by atoms with E-state index in [-0.39, 0.29) is 0 Å². The number of hydrogen-bond acceptors (Lipinski definition) is 1. The molecule has 0 aromatic rings. The van der Waals surface area contributed by atoms with Gasteiger partial charge in [-0.2, -0.15) is 0 Å². The van der Waals surface area contributed by atoms with E-state index in [0.29, 0.717) is 0 Å². The molecule has 0 aromatic carbocycles. The van der Waals surface area contributed by atoms with Gasteiger partial charge in [0, 0.05) is 6.42 Å². The van der Waals surface area contributed by atoms with E-state index in [1.165, 1.54) is 6.42 Å². The van der Waals surface area contributed by atoms with Gasteiger partial charge in [-0.3, -0.25) is 0 Å². The molecule has 0 rings (SSSR count). The van der Waals surface area contributed by atoms with E-state index in [9.17, 15) is 0 Å². The zero-order chi connectivity index (χ0) is 7.11. The predicted molar refractivity (Wildman–Crippen MR) is 40.3 cm³/mol. The summed E-state index contributed by atoms with van der Waals surface area (Å²) >= 11 is 0. The molecule has 0 aliphatic carbocycles. The van der Waals surface area contributed by atoms with Crippen molar-refractivity contribution >= 4 is 0 Å². The van der Waals surface area contributed by atoms with Crippen LogP contribution in [0.3, 0.4) is 0 Å². The Labute approximate surface area is 57.7 Å². The molecule has 0 aliphatic heterocycles. The van der Waals surface area contributed by atoms with Gasteiger partial charge in [0.15, 0.2) is 0 Å². The van der Waals surface area contributed by atoms with Crippen molar-refractivity contribution in [3.05, 3.63) is 11.8 Å². The zero-order valence-electron chi connectivity index (χ0n) is 6.61. The van der Waals surface area contributed by atoms with Gasteiger partial charge in [0.05, 0.1) is 12.9 Å². The summed E-state index contributed by atoms with van der Waals surface area (Å²) in [5.74, 6) is 1.11. The minimum atomic E-state index is 1.01. The van der Waals surface area contributed by atoms with E-state index in [0.717, 1.165) is 18.6 Å². The number of methoxy groups -OCH3 is 1. The summed E-state index contributed by atoms with van der Waals surface area (Å²) in [6, 6.07) is 0. The first-order valence-corrected chi connectivity index (χ1v) is 3.58. The highest BCUT2D eigenvalue weighted by molar-refractivity contribution is 4.90. The molecule has 0 saturated carbocycles. The molecule has 9 heavy (non-hydrogen) atoms. The van der Waals surface area contributed by atoms with E-state index in [1.807, 2.05) is 0 Å². The molecule has 0 atom stereocenters. The van der Waals surface area contributed by atoms with E-state index in [4.69, 9.17) is 4.74 Å². The van der Waals surface area contributed by atoms with Gasteiger partial charge in [0.25, 0.3) is 0 Å². The summed E-state index contributed by atoms with van der Waals surface area (Å²) in [4.78, 5) is 0. The van der Waals surface area contributed by atoms with Crippen molar-refractivity contribution < 1.29 is 4.74 Å². The first-order valence-electron chi connectivity index (χ1n) is 3.58. The van der Waals surface area contributed by atoms with Crippen LogP contribution < -0.4 is 0 Å². The van der Waals surface area contributed by atoms with Gasteiger partial charge in [-0.25, -0.2) is 0 Å². The van der Waals surface area contributed by atoms with Crippen LogP contribution in [0.4, 0.5) is 0 Å². The third-order valence-electron chi connectivity index (χ3n) is 1.27. The molecule has 0 unspecified atom stereocenters. The Balaban J connectivity index is 3.48. The van der Waals surface area contributed by atoms with Gasteiger partial charge in [-0.1, -0.05) is 20.3 Å². The minimum Gasteiger partial charge on any atom is -0.501 e. The molecule has 0 fully saturated rings. The largest absolute Gasteiger partial charge is 0.501 e. The molecule has 0 radical (unpaired) electrons. The van der Waals surface area contributed by atoms with Crippen molar-refractivity contribution in [3.8, 4) is 0 Å². The fraction of sp³-hybridized carbons (Fsp3) is 0.750. The Kier molecular flexibility index (Phi) is 5.38. The predicted octanol–water partition coefficient (Wildman–Crippen LogP) is 2.73. The Morgan fingerprint density at radius 1 is 1.44 bits per heavy atom. The molecule has 54 valence electrons. The van der Waals surface area contributed by atoms with E-state index >= 15 is 0 Å². The second-order valence-corrected chi connectivity index (χ2v) is 2.02. The maximum Gasteiger partial charge on any atom is 0.0912 e. The molecule has 0 amide bonds. The molecule has 1 heteroatoms. The van der Waals surface area contributed by atoms with Gasteiger partial charge >= 0.3 is 0 Å². The van der Waals surface area contributed by atoms with Crippen LogP contribution in [0.5, 0.6) is 0 Å². The van der Waals surface area contributed by atoms with E-state index < -0.39 is 0 Å². The second-order valence-electron chi connectivity index (χ2n) is 2.02. The normalized spacial score (nSPS) is 11.7. The van der Waals surface area contributed by atoms with Crippen LogP contribution in [0, 0.1) is 0 Å². The second kappa shape index (κ2) is 5.67. The average Bonchev–Trinajstić information content (AvgIpc) is 1.91. The number of allylic oxidation sites excluding steroid dienone is 2. The van der Waals surface area contributed by atoms with Gasteiger partial charge in [0.2, 0.25) is 0 Å². The first-order chi connectivity index (χ1) is 4.35. The zero-order valence-corrected chi connectivity index (χ0v) is 6.61. The van der Waals surface area contributed by atoms with Crippen LogP contribution in [0.15, 0.2) is 11.8 Å². The summed E-state index contributed by atoms with van der Waals surface area (Å²) in [6.07, 6.45) is 5.50. The number of ether oxygens (including phenoxy) is 1. The lowest BCUT2D eigenvalue weighted by molar-refractivity contribution is 0.279. The van der Waals surface area contributed by atoms with Crippen LogP contribution in [0.1, 0.15) is 33.1 Å². The Morgan fingerprint density at radius 2 is 2.11 bits per heavy atom. The third-order valence-corrected chi connectivity index (χ3v) is 1.27. The highest BCUT2D eigenvalue weighted by Gasteiger charge is 1.87. The van der Waals surface area contributed by atoms with Crippen molar-refractivity contribution in [1.82, 2.24) is 0 Å². The minimum absolute atomic E-state index is 1.01. The molecule has 1 nitrogen and oxygen atoms in total. The monoisotopic (exact) mass is 128 g/mol. The van der Waals surface area contributed by atoms with Crippen LogP contribution >= 0.6 is 0 Å². The van der Waals surface area contributed by atoms with Gasteiger partial charge in [0.1, 0.15) is 0 Å². The number of rotatable bonds is 4. The maximum atomic E-state index is 5.06. The topological polar surface area (TPSA) is 9.23 Å². The van der Waals surface area contributed by atoms with E-state index in [1.54, 1.807) is 7.11 Å². The number of unbranched alkanes of at least 4 members (excludes halogenated alkanes) is 1. The Morgan fingerprint density at radius 3 is 2.44 bits per heavy atom. The SMILES string of the molecule is CCC/C=C(\CC)OC.